The lowest BCUT2D eigenvalue weighted by Gasteiger charge is -2.26. The van der Waals surface area contributed by atoms with Gasteiger partial charge in [-0.25, -0.2) is 8.78 Å². The number of hydrogen-bond acceptors (Lipinski definition) is 3. The van der Waals surface area contributed by atoms with Crippen molar-refractivity contribution in [2.45, 2.75) is 12.8 Å². The van der Waals surface area contributed by atoms with Gasteiger partial charge in [0.1, 0.15) is 11.6 Å². The zero-order valence-electron chi connectivity index (χ0n) is 11.6. The average Bonchev–Trinajstić information content (AvgIpc) is 2.39. The molecule has 0 N–H and O–H groups in total. The number of Topliss-reactive ketones (excluding diaryl/α,β-unsaturated/α-hetero) is 1. The Balaban J connectivity index is 1.93. The highest BCUT2D eigenvalue weighted by Crippen LogP contribution is 2.17. The highest BCUT2D eigenvalue weighted by atomic mass is 19.1. The van der Waals surface area contributed by atoms with Crippen LogP contribution in [-0.4, -0.2) is 44.0 Å². The number of nitrogens with zero attached hydrogens (tertiary/aromatic N) is 1. The van der Waals surface area contributed by atoms with Crippen LogP contribution in [0.1, 0.15) is 23.2 Å². The number of benzene rings is 1. The van der Waals surface area contributed by atoms with Gasteiger partial charge in [0.2, 0.25) is 0 Å². The summed E-state index contributed by atoms with van der Waals surface area (Å²) in [6.07, 6.45) is 1.93. The average molecular weight is 283 g/mol. The molecule has 1 aromatic carbocycles. The van der Waals surface area contributed by atoms with Gasteiger partial charge in [0.05, 0.1) is 12.1 Å². The van der Waals surface area contributed by atoms with Gasteiger partial charge in [-0.3, -0.25) is 9.69 Å². The molecule has 0 bridgehead atoms. The lowest BCUT2D eigenvalue weighted by Crippen LogP contribution is -2.33. The minimum atomic E-state index is -0.797. The number of ether oxygens (including phenoxy) is 1. The molecular formula is C15H19F2NO2. The van der Waals surface area contributed by atoms with E-state index in [0.29, 0.717) is 5.92 Å². The van der Waals surface area contributed by atoms with Crippen molar-refractivity contribution in [2.75, 3.05) is 33.4 Å². The molecule has 1 aliphatic rings. The van der Waals surface area contributed by atoms with Crippen LogP contribution in [0.3, 0.4) is 0 Å². The van der Waals surface area contributed by atoms with Crippen LogP contribution in [0.25, 0.3) is 0 Å². The molecule has 20 heavy (non-hydrogen) atoms. The molecule has 0 aromatic heterocycles. The second-order valence-electron chi connectivity index (χ2n) is 5.27. The van der Waals surface area contributed by atoms with Crippen LogP contribution in [0.2, 0.25) is 0 Å². The Kier molecular flexibility index (Phi) is 5.20. The van der Waals surface area contributed by atoms with E-state index in [-0.39, 0.29) is 6.54 Å². The molecule has 1 heterocycles. The van der Waals surface area contributed by atoms with E-state index in [1.54, 1.807) is 7.05 Å². The third kappa shape index (κ3) is 3.84. The fourth-order valence-corrected chi connectivity index (χ4v) is 2.52. The lowest BCUT2D eigenvalue weighted by atomic mass is 9.99. The Morgan fingerprint density at radius 1 is 1.30 bits per heavy atom. The van der Waals surface area contributed by atoms with Crippen LogP contribution in [0.4, 0.5) is 8.78 Å². The number of rotatable bonds is 5. The lowest BCUT2D eigenvalue weighted by molar-refractivity contribution is 0.0549. The van der Waals surface area contributed by atoms with Gasteiger partial charge >= 0.3 is 0 Å². The van der Waals surface area contributed by atoms with Crippen molar-refractivity contribution in [1.82, 2.24) is 4.90 Å². The Labute approximate surface area is 117 Å². The molecule has 1 saturated heterocycles. The summed E-state index contributed by atoms with van der Waals surface area (Å²) in [5.74, 6) is -1.63. The summed E-state index contributed by atoms with van der Waals surface area (Å²) < 4.78 is 32.3. The molecule has 2 rings (SSSR count). The molecule has 0 amide bonds. The van der Waals surface area contributed by atoms with E-state index >= 15 is 0 Å². The summed E-state index contributed by atoms with van der Waals surface area (Å²) in [4.78, 5) is 13.8. The van der Waals surface area contributed by atoms with Gasteiger partial charge in [0.15, 0.2) is 5.78 Å². The smallest absolute Gasteiger partial charge is 0.182 e. The molecule has 3 nitrogen and oxygen atoms in total. The second kappa shape index (κ2) is 6.90. The summed E-state index contributed by atoms with van der Waals surface area (Å²) in [6, 6.07) is 3.47. The first-order valence-corrected chi connectivity index (χ1v) is 6.81. The predicted octanol–water partition coefficient (Wildman–Crippen LogP) is 2.51. The van der Waals surface area contributed by atoms with E-state index in [0.717, 1.165) is 44.7 Å². The second-order valence-corrected chi connectivity index (χ2v) is 5.27. The van der Waals surface area contributed by atoms with Crippen molar-refractivity contribution in [1.29, 1.82) is 0 Å². The van der Waals surface area contributed by atoms with Crippen molar-refractivity contribution >= 4 is 5.78 Å². The molecule has 1 aliphatic heterocycles. The molecule has 0 radical (unpaired) electrons. The van der Waals surface area contributed by atoms with Gasteiger partial charge in [0, 0.05) is 19.8 Å². The van der Waals surface area contributed by atoms with Gasteiger partial charge in [-0.2, -0.15) is 0 Å². The number of hydrogen-bond donors (Lipinski definition) is 0. The Morgan fingerprint density at radius 2 is 1.90 bits per heavy atom. The number of carbonyl (C=O) groups is 1. The van der Waals surface area contributed by atoms with Crippen molar-refractivity contribution in [3.8, 4) is 0 Å². The maximum absolute atomic E-state index is 13.5. The van der Waals surface area contributed by atoms with Gasteiger partial charge in [0.25, 0.3) is 0 Å². The molecule has 0 saturated carbocycles. The van der Waals surface area contributed by atoms with Crippen molar-refractivity contribution in [2.24, 2.45) is 5.92 Å². The first-order chi connectivity index (χ1) is 9.58. The Bertz CT molecular complexity index is 453. The monoisotopic (exact) mass is 283 g/mol. The quantitative estimate of drug-likeness (QED) is 0.778. The van der Waals surface area contributed by atoms with Gasteiger partial charge in [-0.15, -0.1) is 0 Å². The topological polar surface area (TPSA) is 29.5 Å². The van der Waals surface area contributed by atoms with Crippen LogP contribution in [0.5, 0.6) is 0 Å². The van der Waals surface area contributed by atoms with Crippen molar-refractivity contribution in [3.63, 3.8) is 0 Å². The standard InChI is InChI=1S/C15H19F2NO2/c1-18(9-11-5-7-20-8-6-11)10-14(19)15-12(16)3-2-4-13(15)17/h2-4,11H,5-10H2,1H3. The summed E-state index contributed by atoms with van der Waals surface area (Å²) in [5, 5.41) is 0. The molecular weight excluding hydrogens is 264 g/mol. The highest BCUT2D eigenvalue weighted by Gasteiger charge is 2.21. The molecule has 0 aliphatic carbocycles. The van der Waals surface area contributed by atoms with Gasteiger partial charge in [-0.05, 0) is 37.9 Å². The third-order valence-corrected chi connectivity index (χ3v) is 3.57. The minimum Gasteiger partial charge on any atom is -0.381 e. The zero-order valence-corrected chi connectivity index (χ0v) is 11.6. The Hall–Kier alpha value is -1.33. The van der Waals surface area contributed by atoms with E-state index < -0.39 is 23.0 Å². The summed E-state index contributed by atoms with van der Waals surface area (Å²) in [6.45, 7) is 2.25. The van der Waals surface area contributed by atoms with Crippen molar-refractivity contribution < 1.29 is 18.3 Å². The summed E-state index contributed by atoms with van der Waals surface area (Å²) in [7, 11) is 1.80. The fourth-order valence-electron chi connectivity index (χ4n) is 2.52. The molecule has 0 unspecified atom stereocenters. The van der Waals surface area contributed by atoms with E-state index in [9.17, 15) is 13.6 Å². The molecule has 0 atom stereocenters. The molecule has 5 heteroatoms. The largest absolute Gasteiger partial charge is 0.381 e. The van der Waals surface area contributed by atoms with E-state index in [4.69, 9.17) is 4.74 Å². The zero-order chi connectivity index (χ0) is 14.5. The van der Waals surface area contributed by atoms with Crippen molar-refractivity contribution in [3.05, 3.63) is 35.4 Å². The highest BCUT2D eigenvalue weighted by molar-refractivity contribution is 5.98. The van der Waals surface area contributed by atoms with Crippen LogP contribution in [0.15, 0.2) is 18.2 Å². The normalized spacial score (nSPS) is 16.6. The van der Waals surface area contributed by atoms with Gasteiger partial charge < -0.3 is 4.74 Å². The number of likely N-dealkylation sites (N-methyl/N-ethyl adjacent to an activating group) is 1. The maximum atomic E-state index is 13.5. The van der Waals surface area contributed by atoms with Crippen LogP contribution in [-0.2, 0) is 4.74 Å². The van der Waals surface area contributed by atoms with Crippen LogP contribution >= 0.6 is 0 Å². The maximum Gasteiger partial charge on any atom is 0.182 e. The molecule has 1 fully saturated rings. The van der Waals surface area contributed by atoms with Crippen LogP contribution < -0.4 is 0 Å². The first kappa shape index (κ1) is 15.1. The van der Waals surface area contributed by atoms with E-state index in [1.807, 2.05) is 4.90 Å². The number of halogens is 2. The van der Waals surface area contributed by atoms with Gasteiger partial charge in [-0.1, -0.05) is 6.07 Å². The minimum absolute atomic E-state index is 0.0230. The number of carbonyl (C=O) groups excluding carboxylic acids is 1. The SMILES string of the molecule is CN(CC(=O)c1c(F)cccc1F)CC1CCOCC1. The molecule has 1 aromatic rings. The number of ketones is 1. The Morgan fingerprint density at radius 3 is 2.50 bits per heavy atom. The fraction of sp³-hybridized carbons (Fsp3) is 0.533. The molecule has 0 spiro atoms. The van der Waals surface area contributed by atoms with E-state index in [2.05, 4.69) is 0 Å². The first-order valence-electron chi connectivity index (χ1n) is 6.81. The van der Waals surface area contributed by atoms with E-state index in [1.165, 1.54) is 6.07 Å². The summed E-state index contributed by atoms with van der Waals surface area (Å²) in [5.41, 5.74) is -0.439. The molecule has 110 valence electrons. The van der Waals surface area contributed by atoms with Crippen LogP contribution in [0, 0.1) is 17.6 Å². The summed E-state index contributed by atoms with van der Waals surface area (Å²) >= 11 is 0. The predicted molar refractivity (Wildman–Crippen MR) is 71.7 cm³/mol. The third-order valence-electron chi connectivity index (χ3n) is 3.57.